The van der Waals surface area contributed by atoms with Gasteiger partial charge in [-0.1, -0.05) is 46.6 Å². The molecule has 0 aliphatic rings. The van der Waals surface area contributed by atoms with Gasteiger partial charge in [0.1, 0.15) is 0 Å². The number of hydrogen-bond acceptors (Lipinski definition) is 4. The molecule has 3 rings (SSSR count). The van der Waals surface area contributed by atoms with E-state index in [4.69, 9.17) is 28.3 Å². The predicted octanol–water partition coefficient (Wildman–Crippen LogP) is 4.53. The first-order valence-corrected chi connectivity index (χ1v) is 8.47. The van der Waals surface area contributed by atoms with E-state index in [0.717, 1.165) is 11.3 Å². The third-order valence-corrected chi connectivity index (χ3v) is 4.22. The Hall–Kier alpha value is -2.44. The van der Waals surface area contributed by atoms with E-state index in [1.807, 2.05) is 55.3 Å². The maximum absolute atomic E-state index is 5.99. The Morgan fingerprint density at radius 1 is 1.24 bits per heavy atom. The summed E-state index contributed by atoms with van der Waals surface area (Å²) in [6, 6.07) is 15.4. The summed E-state index contributed by atoms with van der Waals surface area (Å²) >= 11 is 11.4. The lowest BCUT2D eigenvalue weighted by molar-refractivity contribution is 0.336. The first-order valence-electron chi connectivity index (χ1n) is 7.68. The molecule has 0 atom stereocenters. The summed E-state index contributed by atoms with van der Waals surface area (Å²) in [4.78, 5) is 6.23. The molecule has 0 aliphatic heterocycles. The van der Waals surface area contributed by atoms with E-state index in [2.05, 4.69) is 15.5 Å². The molecule has 1 heterocycles. The number of hydrogen-bond donors (Lipinski definition) is 1. The topological polar surface area (TPSA) is 54.2 Å². The average Bonchev–Trinajstić information content (AvgIpc) is 3.05. The second kappa shape index (κ2) is 7.63. The van der Waals surface area contributed by atoms with E-state index < -0.39 is 0 Å². The lowest BCUT2D eigenvalue weighted by Gasteiger charge is -2.19. The van der Waals surface area contributed by atoms with Gasteiger partial charge >= 0.3 is 0 Å². The summed E-state index contributed by atoms with van der Waals surface area (Å²) in [6.45, 7) is 2.45. The minimum atomic E-state index is 0.408. The van der Waals surface area contributed by atoms with Crippen LogP contribution in [0.15, 0.2) is 53.1 Å². The molecule has 0 unspecified atom stereocenters. The summed E-state index contributed by atoms with van der Waals surface area (Å²) in [5, 5.41) is 8.39. The third kappa shape index (κ3) is 4.55. The van der Waals surface area contributed by atoms with Crippen molar-refractivity contribution in [3.63, 3.8) is 0 Å². The molecule has 0 saturated carbocycles. The van der Waals surface area contributed by atoms with Gasteiger partial charge < -0.3 is 14.7 Å². The van der Waals surface area contributed by atoms with Gasteiger partial charge in [-0.25, -0.2) is 0 Å². The molecule has 0 aliphatic carbocycles. The minimum Gasteiger partial charge on any atom is -0.343 e. The van der Waals surface area contributed by atoms with Crippen molar-refractivity contribution in [1.29, 1.82) is 0 Å². The molecule has 0 bridgehead atoms. The number of thiocarbonyl (C=S) groups is 1. The Balaban J connectivity index is 1.64. The number of rotatable bonds is 4. The molecule has 0 radical (unpaired) electrons. The molecule has 0 saturated heterocycles. The fraction of sp³-hybridized carbons (Fsp3) is 0.167. The fourth-order valence-corrected chi connectivity index (χ4v) is 2.57. The fourth-order valence-electron chi connectivity index (χ4n) is 2.19. The van der Waals surface area contributed by atoms with Crippen LogP contribution in [-0.4, -0.2) is 27.2 Å². The zero-order chi connectivity index (χ0) is 17.8. The average molecular weight is 373 g/mol. The molecular formula is C18H17ClN4OS. The van der Waals surface area contributed by atoms with Crippen LogP contribution in [0.1, 0.15) is 11.5 Å². The Morgan fingerprint density at radius 2 is 2.00 bits per heavy atom. The van der Waals surface area contributed by atoms with Crippen molar-refractivity contribution in [3.05, 3.63) is 65.0 Å². The summed E-state index contributed by atoms with van der Waals surface area (Å²) in [6.07, 6.45) is 0. The van der Waals surface area contributed by atoms with Gasteiger partial charge in [-0.05, 0) is 43.4 Å². The first-order chi connectivity index (χ1) is 12.0. The zero-order valence-corrected chi connectivity index (χ0v) is 15.4. The van der Waals surface area contributed by atoms with Gasteiger partial charge in [0.05, 0.1) is 6.54 Å². The van der Waals surface area contributed by atoms with Crippen LogP contribution < -0.4 is 5.32 Å². The Kier molecular flexibility index (Phi) is 5.31. The van der Waals surface area contributed by atoms with E-state index in [1.165, 1.54) is 5.56 Å². The molecule has 25 heavy (non-hydrogen) atoms. The van der Waals surface area contributed by atoms with E-state index in [0.29, 0.717) is 28.4 Å². The van der Waals surface area contributed by atoms with Crippen molar-refractivity contribution in [2.24, 2.45) is 0 Å². The third-order valence-electron chi connectivity index (χ3n) is 3.57. The highest BCUT2D eigenvalue weighted by Crippen LogP contribution is 2.20. The van der Waals surface area contributed by atoms with Crippen molar-refractivity contribution >= 4 is 34.6 Å². The molecule has 3 aromatic rings. The number of nitrogens with zero attached hydrogens (tertiary/aromatic N) is 3. The summed E-state index contributed by atoms with van der Waals surface area (Å²) in [7, 11) is 1.87. The van der Waals surface area contributed by atoms with Crippen LogP contribution >= 0.6 is 23.8 Å². The SMILES string of the molecule is Cc1ccc(NC(=S)N(C)Cc2nc(-c3cccc(Cl)c3)no2)cc1. The molecule has 1 aromatic heterocycles. The van der Waals surface area contributed by atoms with Crippen molar-refractivity contribution in [2.75, 3.05) is 12.4 Å². The number of halogens is 1. The van der Waals surface area contributed by atoms with E-state index in [-0.39, 0.29) is 0 Å². The molecule has 0 amide bonds. The van der Waals surface area contributed by atoms with E-state index in [9.17, 15) is 0 Å². The van der Waals surface area contributed by atoms with Crippen LogP contribution in [0.2, 0.25) is 5.02 Å². The molecule has 2 aromatic carbocycles. The zero-order valence-electron chi connectivity index (χ0n) is 13.9. The van der Waals surface area contributed by atoms with Gasteiger partial charge in [0.25, 0.3) is 0 Å². The first kappa shape index (κ1) is 17.4. The highest BCUT2D eigenvalue weighted by molar-refractivity contribution is 7.80. The maximum atomic E-state index is 5.99. The second-order valence-corrected chi connectivity index (χ2v) is 6.50. The Bertz CT molecular complexity index is 879. The lowest BCUT2D eigenvalue weighted by atomic mass is 10.2. The van der Waals surface area contributed by atoms with Gasteiger partial charge in [0.15, 0.2) is 5.11 Å². The molecule has 5 nitrogen and oxygen atoms in total. The number of aromatic nitrogens is 2. The predicted molar refractivity (Wildman–Crippen MR) is 104 cm³/mol. The van der Waals surface area contributed by atoms with Crippen molar-refractivity contribution < 1.29 is 4.52 Å². The summed E-state index contributed by atoms with van der Waals surface area (Å²) in [5.74, 6) is 0.980. The number of benzene rings is 2. The summed E-state index contributed by atoms with van der Waals surface area (Å²) in [5.41, 5.74) is 2.95. The molecule has 1 N–H and O–H groups in total. The van der Waals surface area contributed by atoms with Crippen molar-refractivity contribution in [3.8, 4) is 11.4 Å². The molecule has 0 fully saturated rings. The normalized spacial score (nSPS) is 10.5. The highest BCUT2D eigenvalue weighted by atomic mass is 35.5. The summed E-state index contributed by atoms with van der Waals surface area (Å²) < 4.78 is 5.31. The van der Waals surface area contributed by atoms with Crippen LogP contribution in [-0.2, 0) is 6.54 Å². The van der Waals surface area contributed by atoms with Crippen LogP contribution in [0, 0.1) is 6.92 Å². The number of nitrogens with one attached hydrogen (secondary N) is 1. The van der Waals surface area contributed by atoms with Gasteiger partial charge in [-0.15, -0.1) is 0 Å². The molecule has 128 valence electrons. The van der Waals surface area contributed by atoms with Crippen molar-refractivity contribution in [1.82, 2.24) is 15.0 Å². The van der Waals surface area contributed by atoms with Gasteiger partial charge in [-0.2, -0.15) is 4.98 Å². The second-order valence-electron chi connectivity index (χ2n) is 5.67. The smallest absolute Gasteiger partial charge is 0.246 e. The van der Waals surface area contributed by atoms with Crippen LogP contribution in [0.4, 0.5) is 5.69 Å². The quantitative estimate of drug-likeness (QED) is 0.679. The van der Waals surface area contributed by atoms with Gasteiger partial charge in [0.2, 0.25) is 11.7 Å². The molecule has 7 heteroatoms. The minimum absolute atomic E-state index is 0.408. The van der Waals surface area contributed by atoms with Crippen molar-refractivity contribution in [2.45, 2.75) is 13.5 Å². The number of aryl methyl sites for hydroxylation is 1. The maximum Gasteiger partial charge on any atom is 0.246 e. The Labute approximate surface area is 156 Å². The standard InChI is InChI=1S/C18H17ClN4OS/c1-12-6-8-15(9-7-12)20-18(25)23(2)11-16-21-17(22-24-16)13-4-3-5-14(19)10-13/h3-10H,11H2,1-2H3,(H,20,25). The van der Waals surface area contributed by atoms with Gasteiger partial charge in [-0.3, -0.25) is 0 Å². The number of anilines is 1. The molecule has 0 spiro atoms. The lowest BCUT2D eigenvalue weighted by Crippen LogP contribution is -2.30. The highest BCUT2D eigenvalue weighted by Gasteiger charge is 2.13. The monoisotopic (exact) mass is 372 g/mol. The van der Waals surface area contributed by atoms with E-state index in [1.54, 1.807) is 12.1 Å². The largest absolute Gasteiger partial charge is 0.343 e. The van der Waals surface area contributed by atoms with Crippen LogP contribution in [0.3, 0.4) is 0 Å². The Morgan fingerprint density at radius 3 is 2.72 bits per heavy atom. The van der Waals surface area contributed by atoms with Crippen LogP contribution in [0.25, 0.3) is 11.4 Å². The molecular weight excluding hydrogens is 356 g/mol. The van der Waals surface area contributed by atoms with E-state index >= 15 is 0 Å². The van der Waals surface area contributed by atoms with Crippen LogP contribution in [0.5, 0.6) is 0 Å². The van der Waals surface area contributed by atoms with Gasteiger partial charge in [0, 0.05) is 23.3 Å².